The van der Waals surface area contributed by atoms with Crippen LogP contribution in [0.25, 0.3) is 0 Å². The number of anilines is 1. The molecule has 0 bridgehead atoms. The first-order valence-electron chi connectivity index (χ1n) is 11.8. The van der Waals surface area contributed by atoms with Gasteiger partial charge in [0.2, 0.25) is 5.28 Å². The molecule has 190 valence electrons. The van der Waals surface area contributed by atoms with Crippen LogP contribution < -0.4 is 4.90 Å². The van der Waals surface area contributed by atoms with Gasteiger partial charge < -0.3 is 19.3 Å². The lowest BCUT2D eigenvalue weighted by Crippen LogP contribution is -2.55. The lowest BCUT2D eigenvalue weighted by Gasteiger charge is -2.40. The van der Waals surface area contributed by atoms with Crippen molar-refractivity contribution in [3.8, 4) is 6.07 Å². The number of ether oxygens (including phenoxy) is 2. The summed E-state index contributed by atoms with van der Waals surface area (Å²) in [7, 11) is 0. The first kappa shape index (κ1) is 25.5. The number of carbonyl (C=O) groups is 2. The van der Waals surface area contributed by atoms with E-state index in [4.69, 9.17) is 21.1 Å². The van der Waals surface area contributed by atoms with Crippen LogP contribution in [0.4, 0.5) is 15.4 Å². The van der Waals surface area contributed by atoms with Crippen LogP contribution in [0.3, 0.4) is 0 Å². The number of piperazine rings is 1. The minimum atomic E-state index is -0.617. The Hall–Kier alpha value is -3.58. The van der Waals surface area contributed by atoms with Gasteiger partial charge >= 0.3 is 12.2 Å². The van der Waals surface area contributed by atoms with Crippen molar-refractivity contribution in [3.63, 3.8) is 0 Å². The van der Waals surface area contributed by atoms with Crippen molar-refractivity contribution >= 4 is 29.6 Å². The fourth-order valence-corrected chi connectivity index (χ4v) is 4.48. The van der Waals surface area contributed by atoms with Gasteiger partial charge in [-0.15, -0.1) is 0 Å². The van der Waals surface area contributed by atoms with Gasteiger partial charge in [0.05, 0.1) is 37.3 Å². The van der Waals surface area contributed by atoms with Crippen molar-refractivity contribution in [2.24, 2.45) is 0 Å². The second kappa shape index (κ2) is 10.6. The Morgan fingerprint density at radius 3 is 2.58 bits per heavy atom. The third kappa shape index (κ3) is 5.97. The molecule has 2 aromatic rings. The van der Waals surface area contributed by atoms with E-state index in [2.05, 4.69) is 16.0 Å². The molecule has 0 saturated carbocycles. The third-order valence-corrected chi connectivity index (χ3v) is 6.10. The molecule has 1 saturated heterocycles. The van der Waals surface area contributed by atoms with Crippen LogP contribution in [-0.2, 0) is 29.2 Å². The topological polar surface area (TPSA) is 112 Å². The molecule has 36 heavy (non-hydrogen) atoms. The highest BCUT2D eigenvalue weighted by Crippen LogP contribution is 2.33. The normalized spacial score (nSPS) is 17.4. The molecule has 2 aliphatic rings. The zero-order valence-corrected chi connectivity index (χ0v) is 21.4. The van der Waals surface area contributed by atoms with Crippen molar-refractivity contribution in [2.45, 2.75) is 58.5 Å². The maximum atomic E-state index is 12.8. The molecule has 1 aromatic heterocycles. The highest BCUT2D eigenvalue weighted by Gasteiger charge is 2.36. The third-order valence-electron chi connectivity index (χ3n) is 5.93. The number of rotatable bonds is 4. The molecule has 0 aliphatic carbocycles. The molecule has 0 spiro atoms. The molecule has 1 fully saturated rings. The van der Waals surface area contributed by atoms with E-state index in [1.54, 1.807) is 9.80 Å². The molecular formula is C25H29ClN6O4. The van der Waals surface area contributed by atoms with Gasteiger partial charge in [-0.2, -0.15) is 5.26 Å². The van der Waals surface area contributed by atoms with Crippen LogP contribution in [0.1, 0.15) is 44.0 Å². The number of aromatic nitrogens is 2. The number of carbonyl (C=O) groups excluding carboxylic acids is 2. The Bertz CT molecular complexity index is 1160. The fourth-order valence-electron chi connectivity index (χ4n) is 4.30. The van der Waals surface area contributed by atoms with Gasteiger partial charge in [-0.1, -0.05) is 30.3 Å². The average Bonchev–Trinajstić information content (AvgIpc) is 3.26. The lowest BCUT2D eigenvalue weighted by atomic mass is 10.1. The fraction of sp³-hybridized carbons (Fsp3) is 0.480. The molecule has 10 nitrogen and oxygen atoms in total. The van der Waals surface area contributed by atoms with E-state index in [0.29, 0.717) is 37.7 Å². The van der Waals surface area contributed by atoms with E-state index in [1.807, 2.05) is 56.0 Å². The monoisotopic (exact) mass is 512 g/mol. The van der Waals surface area contributed by atoms with Crippen molar-refractivity contribution in [1.29, 1.82) is 5.26 Å². The molecule has 2 amide bonds. The second-order valence-corrected chi connectivity index (χ2v) is 10.1. The molecule has 4 rings (SSSR count). The molecule has 2 aliphatic heterocycles. The molecule has 1 aromatic carbocycles. The van der Waals surface area contributed by atoms with Gasteiger partial charge in [0.15, 0.2) is 0 Å². The average molecular weight is 513 g/mol. The predicted octanol–water partition coefficient (Wildman–Crippen LogP) is 4.12. The molecule has 11 heteroatoms. The quantitative estimate of drug-likeness (QED) is 0.562. The number of benzene rings is 1. The van der Waals surface area contributed by atoms with E-state index in [9.17, 15) is 14.9 Å². The summed E-state index contributed by atoms with van der Waals surface area (Å²) < 4.78 is 11.0. The summed E-state index contributed by atoms with van der Waals surface area (Å²) in [6, 6.07) is 11.2. The highest BCUT2D eigenvalue weighted by molar-refractivity contribution is 6.28. The number of nitriles is 1. The molecule has 0 radical (unpaired) electrons. The summed E-state index contributed by atoms with van der Waals surface area (Å²) in [5.41, 5.74) is 1.73. The van der Waals surface area contributed by atoms with Gasteiger partial charge in [0.1, 0.15) is 18.0 Å². The number of amides is 2. The number of hydrogen-bond acceptors (Lipinski definition) is 8. The van der Waals surface area contributed by atoms with Gasteiger partial charge in [-0.25, -0.2) is 19.6 Å². The maximum Gasteiger partial charge on any atom is 0.410 e. The van der Waals surface area contributed by atoms with Crippen molar-refractivity contribution in [1.82, 2.24) is 19.8 Å². The van der Waals surface area contributed by atoms with Gasteiger partial charge in [0.25, 0.3) is 0 Å². The molecular weight excluding hydrogens is 484 g/mol. The number of nitrogens with zero attached hydrogens (tertiary/aromatic N) is 6. The Balaban J connectivity index is 1.47. The lowest BCUT2D eigenvalue weighted by molar-refractivity contribution is 0.0240. The van der Waals surface area contributed by atoms with Crippen LogP contribution in [0.5, 0.6) is 0 Å². The van der Waals surface area contributed by atoms with Crippen LogP contribution >= 0.6 is 11.6 Å². The van der Waals surface area contributed by atoms with E-state index in [-0.39, 0.29) is 30.9 Å². The van der Waals surface area contributed by atoms with Crippen LogP contribution in [-0.4, -0.2) is 63.2 Å². The van der Waals surface area contributed by atoms with E-state index >= 15 is 0 Å². The number of hydrogen-bond donors (Lipinski definition) is 0. The summed E-state index contributed by atoms with van der Waals surface area (Å²) in [6.45, 7) is 7.36. The van der Waals surface area contributed by atoms with Crippen LogP contribution in [0, 0.1) is 11.3 Å². The minimum Gasteiger partial charge on any atom is -0.445 e. The Morgan fingerprint density at radius 2 is 1.89 bits per heavy atom. The highest BCUT2D eigenvalue weighted by atomic mass is 35.5. The summed E-state index contributed by atoms with van der Waals surface area (Å²) in [5, 5.41) is 9.50. The Kier molecular flexibility index (Phi) is 7.50. The maximum absolute atomic E-state index is 12.8. The minimum absolute atomic E-state index is 0.0799. The Labute approximate surface area is 215 Å². The summed E-state index contributed by atoms with van der Waals surface area (Å²) in [5.74, 6) is 0.608. The molecule has 1 atom stereocenters. The molecule has 0 N–H and O–H groups in total. The van der Waals surface area contributed by atoms with E-state index in [1.165, 1.54) is 0 Å². The standard InChI is InChI=1S/C25H29ClN6O4/c1-25(2,3)36-23(33)31-14-19-20(15-31)28-22(26)29-21(19)30-11-12-32(18(13-30)9-10-27)24(34)35-16-17-7-5-4-6-8-17/h4-8,18H,9,11-16H2,1-3H3. The predicted molar refractivity (Wildman–Crippen MR) is 132 cm³/mol. The number of fused-ring (bicyclic) bond motifs is 1. The van der Waals surface area contributed by atoms with Crippen LogP contribution in [0.2, 0.25) is 5.28 Å². The number of halogens is 1. The van der Waals surface area contributed by atoms with Gasteiger partial charge in [-0.3, -0.25) is 4.90 Å². The second-order valence-electron chi connectivity index (χ2n) is 9.77. The zero-order chi connectivity index (χ0) is 25.9. The smallest absolute Gasteiger partial charge is 0.410 e. The first-order valence-corrected chi connectivity index (χ1v) is 12.1. The van der Waals surface area contributed by atoms with Gasteiger partial charge in [-0.05, 0) is 37.9 Å². The first-order chi connectivity index (χ1) is 17.1. The SMILES string of the molecule is CC(C)(C)OC(=O)N1Cc2nc(Cl)nc(N3CCN(C(=O)OCc4ccccc4)C(CC#N)C3)c2C1. The van der Waals surface area contributed by atoms with E-state index in [0.717, 1.165) is 11.1 Å². The zero-order valence-electron chi connectivity index (χ0n) is 20.6. The largest absolute Gasteiger partial charge is 0.445 e. The summed E-state index contributed by atoms with van der Waals surface area (Å²) >= 11 is 6.24. The van der Waals surface area contributed by atoms with Gasteiger partial charge in [0, 0.05) is 25.2 Å². The van der Waals surface area contributed by atoms with Crippen molar-refractivity contribution in [2.75, 3.05) is 24.5 Å². The molecule has 1 unspecified atom stereocenters. The Morgan fingerprint density at radius 1 is 1.14 bits per heavy atom. The summed E-state index contributed by atoms with van der Waals surface area (Å²) in [6.07, 6.45) is -0.751. The molecule has 3 heterocycles. The van der Waals surface area contributed by atoms with Crippen LogP contribution in [0.15, 0.2) is 30.3 Å². The van der Waals surface area contributed by atoms with Crippen molar-refractivity contribution < 1.29 is 19.1 Å². The van der Waals surface area contributed by atoms with E-state index < -0.39 is 17.8 Å². The summed E-state index contributed by atoms with van der Waals surface area (Å²) in [4.78, 5) is 39.4. The van der Waals surface area contributed by atoms with Crippen molar-refractivity contribution in [3.05, 3.63) is 52.4 Å².